The summed E-state index contributed by atoms with van der Waals surface area (Å²) in [7, 11) is 1.73. The van der Waals surface area contributed by atoms with Crippen molar-refractivity contribution in [2.75, 3.05) is 13.6 Å². The van der Waals surface area contributed by atoms with Crippen molar-refractivity contribution >= 4 is 11.8 Å². The molecule has 2 atom stereocenters. The van der Waals surface area contributed by atoms with Gasteiger partial charge in [-0.25, -0.2) is 4.98 Å². The molecule has 2 aromatic rings. The Kier molecular flexibility index (Phi) is 5.71. The summed E-state index contributed by atoms with van der Waals surface area (Å²) < 4.78 is 1.99. The van der Waals surface area contributed by atoms with Gasteiger partial charge in [0.15, 0.2) is 0 Å². The van der Waals surface area contributed by atoms with E-state index in [1.807, 2.05) is 29.0 Å². The van der Waals surface area contributed by atoms with Crippen molar-refractivity contribution in [1.29, 1.82) is 0 Å². The summed E-state index contributed by atoms with van der Waals surface area (Å²) in [6, 6.07) is 9.32. The lowest BCUT2D eigenvalue weighted by atomic mass is 9.98. The van der Waals surface area contributed by atoms with E-state index in [0.717, 1.165) is 19.4 Å². The number of hydrogen-bond donors (Lipinski definition) is 0. The molecule has 0 saturated carbocycles. The molecule has 0 N–H and O–H groups in total. The molecule has 1 saturated heterocycles. The highest BCUT2D eigenvalue weighted by molar-refractivity contribution is 5.96. The SMILES string of the molecule is CC1C(=O)N(CCCn2ccnc2)C(CCc2ccccc2)C(=O)N1C. The fourth-order valence-corrected chi connectivity index (χ4v) is 3.45. The molecule has 2 heterocycles. The maximum absolute atomic E-state index is 12.8. The molecule has 26 heavy (non-hydrogen) atoms. The molecule has 0 bridgehead atoms. The Labute approximate surface area is 154 Å². The lowest BCUT2D eigenvalue weighted by Crippen LogP contribution is -2.63. The third kappa shape index (κ3) is 3.95. The maximum atomic E-state index is 12.8. The van der Waals surface area contributed by atoms with E-state index in [2.05, 4.69) is 17.1 Å². The second kappa shape index (κ2) is 8.17. The first kappa shape index (κ1) is 18.2. The molecule has 1 fully saturated rings. The second-order valence-corrected chi connectivity index (χ2v) is 6.85. The summed E-state index contributed by atoms with van der Waals surface area (Å²) in [5.41, 5.74) is 1.19. The quantitative estimate of drug-likeness (QED) is 0.764. The molecule has 0 aliphatic carbocycles. The minimum atomic E-state index is -0.399. The number of benzene rings is 1. The van der Waals surface area contributed by atoms with Crippen LogP contribution in [0.1, 0.15) is 25.3 Å². The van der Waals surface area contributed by atoms with Crippen LogP contribution in [0.25, 0.3) is 0 Å². The van der Waals surface area contributed by atoms with Crippen LogP contribution in [0.5, 0.6) is 0 Å². The van der Waals surface area contributed by atoms with Crippen molar-refractivity contribution in [3.63, 3.8) is 0 Å². The van der Waals surface area contributed by atoms with Gasteiger partial charge in [0, 0.05) is 32.5 Å². The van der Waals surface area contributed by atoms with E-state index in [1.54, 1.807) is 36.3 Å². The highest BCUT2D eigenvalue weighted by Crippen LogP contribution is 2.21. The summed E-state index contributed by atoms with van der Waals surface area (Å²) in [5, 5.41) is 0. The average Bonchev–Trinajstić information content (AvgIpc) is 3.18. The normalized spacial score (nSPS) is 20.7. The topological polar surface area (TPSA) is 58.4 Å². The van der Waals surface area contributed by atoms with E-state index < -0.39 is 6.04 Å². The monoisotopic (exact) mass is 354 g/mol. The van der Waals surface area contributed by atoms with E-state index in [1.165, 1.54) is 5.56 Å². The number of amides is 2. The Morgan fingerprint density at radius 3 is 2.54 bits per heavy atom. The predicted molar refractivity (Wildman–Crippen MR) is 99.3 cm³/mol. The van der Waals surface area contributed by atoms with Crippen LogP contribution in [0.3, 0.4) is 0 Å². The van der Waals surface area contributed by atoms with Crippen molar-refractivity contribution < 1.29 is 9.59 Å². The first-order chi connectivity index (χ1) is 12.6. The third-order valence-corrected chi connectivity index (χ3v) is 5.15. The van der Waals surface area contributed by atoms with Crippen LogP contribution in [0.2, 0.25) is 0 Å². The van der Waals surface area contributed by atoms with Gasteiger partial charge >= 0.3 is 0 Å². The molecular formula is C20H26N4O2. The van der Waals surface area contributed by atoms with Gasteiger partial charge < -0.3 is 14.4 Å². The van der Waals surface area contributed by atoms with Crippen molar-refractivity contribution in [1.82, 2.24) is 19.4 Å². The fraction of sp³-hybridized carbons (Fsp3) is 0.450. The minimum absolute atomic E-state index is 0.0376. The zero-order chi connectivity index (χ0) is 18.5. The molecule has 6 nitrogen and oxygen atoms in total. The maximum Gasteiger partial charge on any atom is 0.245 e. The Bertz CT molecular complexity index is 730. The molecule has 2 amide bonds. The molecule has 0 spiro atoms. The van der Waals surface area contributed by atoms with Crippen LogP contribution < -0.4 is 0 Å². The lowest BCUT2D eigenvalue weighted by molar-refractivity contribution is -0.159. The summed E-state index contributed by atoms with van der Waals surface area (Å²) in [5.74, 6) is 0.0754. The number of piperazine rings is 1. The number of nitrogens with zero attached hydrogens (tertiary/aromatic N) is 4. The van der Waals surface area contributed by atoms with Gasteiger partial charge in [-0.15, -0.1) is 0 Å². The van der Waals surface area contributed by atoms with Gasteiger partial charge in [-0.1, -0.05) is 30.3 Å². The van der Waals surface area contributed by atoms with Crippen molar-refractivity contribution in [2.24, 2.45) is 0 Å². The molecule has 138 valence electrons. The molecule has 6 heteroatoms. The molecule has 1 aliphatic rings. The highest BCUT2D eigenvalue weighted by Gasteiger charge is 2.41. The Morgan fingerprint density at radius 2 is 1.85 bits per heavy atom. The Hall–Kier alpha value is -2.63. The van der Waals surface area contributed by atoms with Crippen LogP contribution in [-0.2, 0) is 22.6 Å². The van der Waals surface area contributed by atoms with E-state index in [9.17, 15) is 9.59 Å². The number of aryl methyl sites for hydroxylation is 2. The zero-order valence-corrected chi connectivity index (χ0v) is 15.4. The standard InChI is InChI=1S/C20H26N4O2/c1-16-19(25)24(13-6-12-23-14-11-21-15-23)18(20(26)22(16)2)10-9-17-7-4-3-5-8-17/h3-5,7-8,11,14-16,18H,6,9-10,12-13H2,1-2H3. The van der Waals surface area contributed by atoms with Gasteiger partial charge in [0.2, 0.25) is 11.8 Å². The summed E-state index contributed by atoms with van der Waals surface area (Å²) in [6.45, 7) is 3.17. The van der Waals surface area contributed by atoms with Gasteiger partial charge in [0.25, 0.3) is 0 Å². The van der Waals surface area contributed by atoms with Crippen molar-refractivity contribution in [3.05, 3.63) is 54.6 Å². The van der Waals surface area contributed by atoms with Crippen LogP contribution in [0.4, 0.5) is 0 Å². The smallest absolute Gasteiger partial charge is 0.245 e. The number of aromatic nitrogens is 2. The predicted octanol–water partition coefficient (Wildman–Crippen LogP) is 1.96. The van der Waals surface area contributed by atoms with Gasteiger partial charge in [-0.2, -0.15) is 0 Å². The largest absolute Gasteiger partial charge is 0.337 e. The summed E-state index contributed by atoms with van der Waals surface area (Å²) in [6.07, 6.45) is 7.66. The van der Waals surface area contributed by atoms with Crippen LogP contribution >= 0.6 is 0 Å². The van der Waals surface area contributed by atoms with Gasteiger partial charge in [0.05, 0.1) is 6.33 Å². The molecule has 2 unspecified atom stereocenters. The molecular weight excluding hydrogens is 328 g/mol. The first-order valence-corrected chi connectivity index (χ1v) is 9.14. The lowest BCUT2D eigenvalue weighted by Gasteiger charge is -2.42. The third-order valence-electron chi connectivity index (χ3n) is 5.15. The Morgan fingerprint density at radius 1 is 1.08 bits per heavy atom. The van der Waals surface area contributed by atoms with Crippen molar-refractivity contribution in [2.45, 2.75) is 44.8 Å². The van der Waals surface area contributed by atoms with E-state index >= 15 is 0 Å². The van der Waals surface area contributed by atoms with Crippen LogP contribution in [0, 0.1) is 0 Å². The first-order valence-electron chi connectivity index (χ1n) is 9.14. The number of rotatable bonds is 7. The molecule has 0 radical (unpaired) electrons. The van der Waals surface area contributed by atoms with Gasteiger partial charge in [-0.3, -0.25) is 9.59 Å². The van der Waals surface area contributed by atoms with Gasteiger partial charge in [0.1, 0.15) is 12.1 Å². The summed E-state index contributed by atoms with van der Waals surface area (Å²) >= 11 is 0. The molecule has 1 aromatic heterocycles. The average molecular weight is 354 g/mol. The highest BCUT2D eigenvalue weighted by atomic mass is 16.2. The van der Waals surface area contributed by atoms with E-state index in [-0.39, 0.29) is 17.9 Å². The second-order valence-electron chi connectivity index (χ2n) is 6.85. The Balaban J connectivity index is 1.68. The minimum Gasteiger partial charge on any atom is -0.337 e. The number of likely N-dealkylation sites (N-methyl/N-ethyl adjacent to an activating group) is 1. The van der Waals surface area contributed by atoms with E-state index in [4.69, 9.17) is 0 Å². The number of imidazole rings is 1. The molecule has 1 aliphatic heterocycles. The molecule has 1 aromatic carbocycles. The van der Waals surface area contributed by atoms with Crippen LogP contribution in [-0.4, -0.2) is 56.8 Å². The zero-order valence-electron chi connectivity index (χ0n) is 15.4. The number of carbonyl (C=O) groups is 2. The van der Waals surface area contributed by atoms with Gasteiger partial charge in [-0.05, 0) is 31.7 Å². The van der Waals surface area contributed by atoms with E-state index in [0.29, 0.717) is 13.0 Å². The summed E-state index contributed by atoms with van der Waals surface area (Å²) in [4.78, 5) is 33.0. The number of hydrogen-bond acceptors (Lipinski definition) is 3. The van der Waals surface area contributed by atoms with Crippen molar-refractivity contribution in [3.8, 4) is 0 Å². The fourth-order valence-electron chi connectivity index (χ4n) is 3.45. The molecule has 3 rings (SSSR count). The number of carbonyl (C=O) groups excluding carboxylic acids is 2. The van der Waals surface area contributed by atoms with Crippen LogP contribution in [0.15, 0.2) is 49.1 Å².